The van der Waals surface area contributed by atoms with Gasteiger partial charge in [0.25, 0.3) is 0 Å². The second-order valence-corrected chi connectivity index (χ2v) is 3.93. The molecule has 1 aromatic carbocycles. The van der Waals surface area contributed by atoms with Crippen LogP contribution in [0, 0.1) is 5.82 Å². The van der Waals surface area contributed by atoms with Gasteiger partial charge >= 0.3 is 5.97 Å². The van der Waals surface area contributed by atoms with Gasteiger partial charge in [-0.15, -0.1) is 0 Å². The van der Waals surface area contributed by atoms with Gasteiger partial charge in [0.1, 0.15) is 12.4 Å². The number of hydrogen-bond donors (Lipinski definition) is 1. The van der Waals surface area contributed by atoms with Crippen molar-refractivity contribution in [2.75, 3.05) is 18.9 Å². The van der Waals surface area contributed by atoms with Gasteiger partial charge < -0.3 is 15.2 Å². The number of hydrogen-bond acceptors (Lipinski definition) is 4. The number of rotatable bonds is 3. The van der Waals surface area contributed by atoms with Crippen molar-refractivity contribution in [3.63, 3.8) is 0 Å². The average Bonchev–Trinajstić information content (AvgIpc) is 2.82. The van der Waals surface area contributed by atoms with Gasteiger partial charge in [-0.05, 0) is 25.0 Å². The maximum absolute atomic E-state index is 13.1. The molecule has 2 N–H and O–H groups in total. The van der Waals surface area contributed by atoms with Crippen molar-refractivity contribution in [1.82, 2.24) is 0 Å². The lowest BCUT2D eigenvalue weighted by molar-refractivity contribution is 0.0162. The molecule has 1 aromatic rings. The fourth-order valence-electron chi connectivity index (χ4n) is 1.74. The Hall–Kier alpha value is -1.62. The summed E-state index contributed by atoms with van der Waals surface area (Å²) in [7, 11) is 0. The highest BCUT2D eigenvalue weighted by molar-refractivity contribution is 5.95. The molecule has 1 saturated heterocycles. The predicted molar refractivity (Wildman–Crippen MR) is 60.1 cm³/mol. The van der Waals surface area contributed by atoms with E-state index in [9.17, 15) is 9.18 Å². The second-order valence-electron chi connectivity index (χ2n) is 3.93. The summed E-state index contributed by atoms with van der Waals surface area (Å²) in [6.07, 6.45) is 1.81. The van der Waals surface area contributed by atoms with Gasteiger partial charge in [0, 0.05) is 6.61 Å². The summed E-state index contributed by atoms with van der Waals surface area (Å²) in [4.78, 5) is 11.6. The molecule has 1 aliphatic heterocycles. The average molecular weight is 239 g/mol. The van der Waals surface area contributed by atoms with E-state index in [2.05, 4.69) is 0 Å². The quantitative estimate of drug-likeness (QED) is 0.644. The summed E-state index contributed by atoms with van der Waals surface area (Å²) >= 11 is 0. The molecule has 1 unspecified atom stereocenters. The minimum absolute atomic E-state index is 0.0475. The van der Waals surface area contributed by atoms with Crippen molar-refractivity contribution < 1.29 is 18.7 Å². The van der Waals surface area contributed by atoms with Crippen molar-refractivity contribution in [2.45, 2.75) is 18.9 Å². The number of nitrogen functional groups attached to an aromatic ring is 1. The normalized spacial score (nSPS) is 19.2. The first kappa shape index (κ1) is 11.9. The number of benzene rings is 1. The molecule has 1 atom stereocenters. The van der Waals surface area contributed by atoms with Gasteiger partial charge in [0.2, 0.25) is 0 Å². The lowest BCUT2D eigenvalue weighted by Crippen LogP contribution is -2.18. The van der Waals surface area contributed by atoms with Gasteiger partial charge in [-0.3, -0.25) is 0 Å². The summed E-state index contributed by atoms with van der Waals surface area (Å²) in [6.45, 7) is 0.888. The van der Waals surface area contributed by atoms with E-state index in [-0.39, 0.29) is 24.0 Å². The Morgan fingerprint density at radius 1 is 1.59 bits per heavy atom. The Balaban J connectivity index is 1.97. The van der Waals surface area contributed by atoms with Crippen LogP contribution in [0.1, 0.15) is 23.2 Å². The van der Waals surface area contributed by atoms with E-state index in [0.717, 1.165) is 12.8 Å². The fourth-order valence-corrected chi connectivity index (χ4v) is 1.74. The zero-order valence-corrected chi connectivity index (χ0v) is 9.32. The molecule has 0 saturated carbocycles. The van der Waals surface area contributed by atoms with Crippen molar-refractivity contribution in [1.29, 1.82) is 0 Å². The van der Waals surface area contributed by atoms with E-state index >= 15 is 0 Å². The van der Waals surface area contributed by atoms with Crippen LogP contribution < -0.4 is 5.73 Å². The van der Waals surface area contributed by atoms with Gasteiger partial charge in [-0.2, -0.15) is 0 Å². The molecular formula is C12H14FNO3. The number of carbonyl (C=O) groups excluding carboxylic acids is 1. The topological polar surface area (TPSA) is 61.6 Å². The molecule has 92 valence electrons. The number of anilines is 1. The molecule has 5 heteroatoms. The summed E-state index contributed by atoms with van der Waals surface area (Å²) in [5.41, 5.74) is 5.34. The molecule has 1 heterocycles. The summed E-state index contributed by atoms with van der Waals surface area (Å²) in [5.74, 6) is -1.23. The largest absolute Gasteiger partial charge is 0.459 e. The van der Waals surface area contributed by atoms with Crippen LogP contribution in [0.25, 0.3) is 0 Å². The molecular weight excluding hydrogens is 225 g/mol. The van der Waals surface area contributed by atoms with E-state index in [4.69, 9.17) is 15.2 Å². The zero-order valence-electron chi connectivity index (χ0n) is 9.32. The van der Waals surface area contributed by atoms with E-state index < -0.39 is 11.8 Å². The van der Waals surface area contributed by atoms with Crippen LogP contribution in [0.5, 0.6) is 0 Å². The highest BCUT2D eigenvalue weighted by atomic mass is 19.1. The van der Waals surface area contributed by atoms with Crippen LogP contribution in [-0.4, -0.2) is 25.3 Å². The molecule has 2 rings (SSSR count). The smallest absolute Gasteiger partial charge is 0.340 e. The van der Waals surface area contributed by atoms with Crippen LogP contribution in [0.4, 0.5) is 10.1 Å². The molecule has 0 bridgehead atoms. The molecule has 0 amide bonds. The van der Waals surface area contributed by atoms with E-state index in [0.29, 0.717) is 6.61 Å². The second kappa shape index (κ2) is 5.14. The molecule has 0 aromatic heterocycles. The highest BCUT2D eigenvalue weighted by Gasteiger charge is 2.19. The van der Waals surface area contributed by atoms with Crippen LogP contribution in [0.15, 0.2) is 18.2 Å². The molecule has 0 radical (unpaired) electrons. The standard InChI is InChI=1S/C12H14FNO3/c13-10-5-1-4-9(11(10)14)12(15)17-7-8-3-2-6-16-8/h1,4-5,8H,2-3,6-7,14H2. The monoisotopic (exact) mass is 239 g/mol. The van der Waals surface area contributed by atoms with Crippen LogP contribution in [0.3, 0.4) is 0 Å². The first-order valence-corrected chi connectivity index (χ1v) is 5.51. The van der Waals surface area contributed by atoms with Gasteiger partial charge in [0.15, 0.2) is 0 Å². The van der Waals surface area contributed by atoms with Crippen LogP contribution in [0.2, 0.25) is 0 Å². The van der Waals surface area contributed by atoms with Crippen molar-refractivity contribution in [3.8, 4) is 0 Å². The minimum Gasteiger partial charge on any atom is -0.459 e. The SMILES string of the molecule is Nc1c(F)cccc1C(=O)OCC1CCCO1. The summed E-state index contributed by atoms with van der Waals surface area (Å²) in [6, 6.07) is 4.07. The molecule has 1 aliphatic rings. The van der Waals surface area contributed by atoms with Crippen molar-refractivity contribution in [3.05, 3.63) is 29.6 Å². The first-order chi connectivity index (χ1) is 8.18. The van der Waals surface area contributed by atoms with Crippen molar-refractivity contribution in [2.24, 2.45) is 0 Å². The predicted octanol–water partition coefficient (Wildman–Crippen LogP) is 1.74. The molecule has 17 heavy (non-hydrogen) atoms. The van der Waals surface area contributed by atoms with Gasteiger partial charge in [-0.25, -0.2) is 9.18 Å². The molecule has 0 spiro atoms. The fraction of sp³-hybridized carbons (Fsp3) is 0.417. The van der Waals surface area contributed by atoms with Gasteiger partial charge in [0.05, 0.1) is 17.4 Å². The maximum Gasteiger partial charge on any atom is 0.340 e. The van der Waals surface area contributed by atoms with Crippen molar-refractivity contribution >= 4 is 11.7 Å². The third kappa shape index (κ3) is 2.74. The zero-order chi connectivity index (χ0) is 12.3. The van der Waals surface area contributed by atoms with E-state index in [1.54, 1.807) is 0 Å². The summed E-state index contributed by atoms with van der Waals surface area (Å²) in [5, 5.41) is 0. The number of ether oxygens (including phenoxy) is 2. The minimum atomic E-state index is -0.614. The number of esters is 1. The molecule has 0 aliphatic carbocycles. The number of carbonyl (C=O) groups is 1. The Morgan fingerprint density at radius 3 is 3.12 bits per heavy atom. The van der Waals surface area contributed by atoms with Crippen LogP contribution >= 0.6 is 0 Å². The lowest BCUT2D eigenvalue weighted by atomic mass is 10.2. The third-order valence-electron chi connectivity index (χ3n) is 2.70. The van der Waals surface area contributed by atoms with Crippen LogP contribution in [-0.2, 0) is 9.47 Å². The molecule has 4 nitrogen and oxygen atoms in total. The maximum atomic E-state index is 13.1. The number of halogens is 1. The Bertz CT molecular complexity index is 416. The van der Waals surface area contributed by atoms with Gasteiger partial charge in [-0.1, -0.05) is 6.07 Å². The Labute approximate surface area is 98.5 Å². The highest BCUT2D eigenvalue weighted by Crippen LogP contribution is 2.18. The number of para-hydroxylation sites is 1. The third-order valence-corrected chi connectivity index (χ3v) is 2.70. The Morgan fingerprint density at radius 2 is 2.41 bits per heavy atom. The number of nitrogens with two attached hydrogens (primary N) is 1. The van der Waals surface area contributed by atoms with E-state index in [1.165, 1.54) is 18.2 Å². The Kier molecular flexibility index (Phi) is 3.58. The lowest BCUT2D eigenvalue weighted by Gasteiger charge is -2.11. The molecule has 1 fully saturated rings. The summed E-state index contributed by atoms with van der Waals surface area (Å²) < 4.78 is 23.5. The first-order valence-electron chi connectivity index (χ1n) is 5.51. The van der Waals surface area contributed by atoms with E-state index in [1.807, 2.05) is 0 Å².